The molecule has 3 aromatic carbocycles. The predicted molar refractivity (Wildman–Crippen MR) is 262 cm³/mol. The molecule has 0 spiro atoms. The van der Waals surface area contributed by atoms with E-state index in [4.69, 9.17) is 0 Å². The molecular weight excluding hydrogens is 741 g/mol. The maximum Gasteiger partial charge on any atom is 0.146 e. The summed E-state index contributed by atoms with van der Waals surface area (Å²) in [5, 5.41) is 9.91. The van der Waals surface area contributed by atoms with Gasteiger partial charge in [0.25, 0.3) is 0 Å². The molecule has 0 atom stereocenters. The molecule has 2 heteroatoms. The first-order valence-corrected chi connectivity index (χ1v) is 24.5. The van der Waals surface area contributed by atoms with Gasteiger partial charge in [0.1, 0.15) is 13.7 Å². The smallest absolute Gasteiger partial charge is 0.146 e. The molecular formula is C58H68OSi. The molecule has 0 aliphatic carbocycles. The minimum absolute atomic E-state index is 0.613. The zero-order chi connectivity index (χ0) is 44.1. The summed E-state index contributed by atoms with van der Waals surface area (Å²) < 4.78 is 0. The zero-order valence-corrected chi connectivity index (χ0v) is 39.8. The van der Waals surface area contributed by atoms with Gasteiger partial charge in [-0.15, -0.1) is 5.54 Å². The van der Waals surface area contributed by atoms with E-state index in [9.17, 15) is 5.11 Å². The summed E-state index contributed by atoms with van der Waals surface area (Å²) in [6.07, 6.45) is 7.61. The van der Waals surface area contributed by atoms with Crippen molar-refractivity contribution in [3.8, 4) is 70.7 Å². The van der Waals surface area contributed by atoms with Crippen LogP contribution in [0.25, 0.3) is 0 Å². The van der Waals surface area contributed by atoms with Crippen molar-refractivity contribution in [2.24, 2.45) is 0 Å². The fourth-order valence-corrected chi connectivity index (χ4v) is 12.7. The van der Waals surface area contributed by atoms with Crippen LogP contribution < -0.4 is 0 Å². The van der Waals surface area contributed by atoms with Crippen LogP contribution in [0.3, 0.4) is 0 Å². The van der Waals surface area contributed by atoms with Crippen molar-refractivity contribution in [1.29, 1.82) is 0 Å². The summed E-state index contributed by atoms with van der Waals surface area (Å²) in [7, 11) is -1.78. The number of hydrogen-bond donors (Lipinski definition) is 1. The van der Waals surface area contributed by atoms with Crippen LogP contribution in [-0.2, 0) is 0 Å². The van der Waals surface area contributed by atoms with Gasteiger partial charge in [-0.05, 0) is 129 Å². The van der Waals surface area contributed by atoms with E-state index in [0.717, 1.165) is 107 Å². The Balaban J connectivity index is 1.87. The average Bonchev–Trinajstić information content (AvgIpc) is 3.21. The van der Waals surface area contributed by atoms with Crippen LogP contribution in [0.5, 0.6) is 0 Å². The van der Waals surface area contributed by atoms with Gasteiger partial charge in [0, 0.05) is 55.7 Å². The topological polar surface area (TPSA) is 20.2 Å². The lowest BCUT2D eigenvalue weighted by molar-refractivity contribution is 0.143. The maximum atomic E-state index is 9.91. The van der Waals surface area contributed by atoms with Gasteiger partial charge >= 0.3 is 0 Å². The Morgan fingerprint density at radius 3 is 0.883 bits per heavy atom. The second-order valence-electron chi connectivity index (χ2n) is 17.1. The van der Waals surface area contributed by atoms with E-state index < -0.39 is 13.7 Å². The van der Waals surface area contributed by atoms with Crippen molar-refractivity contribution in [3.63, 3.8) is 0 Å². The third-order valence-electron chi connectivity index (χ3n) is 10.6. The molecule has 0 aliphatic rings. The highest BCUT2D eigenvalue weighted by Crippen LogP contribution is 2.40. The Labute approximate surface area is 367 Å². The molecule has 0 aliphatic heterocycles. The number of allylic oxidation sites excluding steroid dienone is 4. The van der Waals surface area contributed by atoms with Crippen molar-refractivity contribution < 1.29 is 5.11 Å². The highest BCUT2D eigenvalue weighted by Gasteiger charge is 2.41. The summed E-state index contributed by atoms with van der Waals surface area (Å²) in [6.45, 7) is 26.3. The number of rotatable bonds is 11. The molecule has 0 fully saturated rings. The zero-order valence-electron chi connectivity index (χ0n) is 38.8. The lowest BCUT2D eigenvalue weighted by Crippen LogP contribution is -2.43. The molecule has 310 valence electrons. The molecule has 0 bridgehead atoms. The van der Waals surface area contributed by atoms with Gasteiger partial charge in [0.05, 0.1) is 0 Å². The lowest BCUT2D eigenvalue weighted by Gasteiger charge is -2.38. The van der Waals surface area contributed by atoms with Crippen LogP contribution in [0.1, 0.15) is 168 Å². The fourth-order valence-electron chi connectivity index (χ4n) is 7.50. The molecule has 60 heavy (non-hydrogen) atoms. The molecule has 0 heterocycles. The number of benzene rings is 3. The van der Waals surface area contributed by atoms with E-state index in [2.05, 4.69) is 188 Å². The van der Waals surface area contributed by atoms with Crippen LogP contribution in [0.15, 0.2) is 95.1 Å². The summed E-state index contributed by atoms with van der Waals surface area (Å²) in [6, 6.07) is 24.6. The molecule has 1 N–H and O–H groups in total. The van der Waals surface area contributed by atoms with Gasteiger partial charge in [-0.25, -0.2) is 0 Å². The van der Waals surface area contributed by atoms with Crippen LogP contribution in [0.4, 0.5) is 0 Å². The first kappa shape index (κ1) is 49.0. The van der Waals surface area contributed by atoms with Crippen molar-refractivity contribution in [2.75, 3.05) is 0 Å². The van der Waals surface area contributed by atoms with E-state index in [0.29, 0.717) is 16.6 Å². The molecule has 0 aromatic heterocycles. The molecule has 0 unspecified atom stereocenters. The second-order valence-corrected chi connectivity index (χ2v) is 22.7. The average molecular weight is 809 g/mol. The lowest BCUT2D eigenvalue weighted by atomic mass is 9.99. The first-order valence-electron chi connectivity index (χ1n) is 22.3. The molecule has 0 saturated heterocycles. The van der Waals surface area contributed by atoms with E-state index >= 15 is 0 Å². The van der Waals surface area contributed by atoms with Gasteiger partial charge in [0.15, 0.2) is 0 Å². The van der Waals surface area contributed by atoms with Crippen molar-refractivity contribution in [1.82, 2.24) is 0 Å². The van der Waals surface area contributed by atoms with Gasteiger partial charge in [-0.3, -0.25) is 0 Å². The number of aliphatic hydroxyl groups is 1. The van der Waals surface area contributed by atoms with E-state index in [1.54, 1.807) is 13.8 Å². The molecule has 1 nitrogen and oxygen atoms in total. The summed E-state index contributed by atoms with van der Waals surface area (Å²) in [5.41, 5.74) is 14.9. The third kappa shape index (κ3) is 15.7. The molecule has 3 aromatic rings. The van der Waals surface area contributed by atoms with Crippen LogP contribution in [0, 0.1) is 70.7 Å². The Hall–Kier alpha value is -5.32. The highest BCUT2D eigenvalue weighted by molar-refractivity contribution is 6.90. The SMILES string of the molecule is CCC/C(C#Cc1ccc(C#C/C(CCC)=C(/C#Cc2ccc(C#C[Si](C(C)C)(C(C)C)C(C)C)cc2)CCC)cc1)=C(\C#Cc1ccc(C#CC(C)(C)O)cc1)CCC. The standard InChI is InChI=1S/C58H68OSi/c1-13-17-54(56(19-15-3)39-35-50-25-29-52(30-26-50)41-43-58(11,12)59)37-33-48-21-23-49(24-22-48)34-38-55(18-14-2)57(20-16-4)40-36-51-27-31-53(32-28-51)42-44-60(45(5)6,46(7)8)47(9)10/h21-32,45-47,59H,13-20H2,1-12H3/b56-54+,57-55+. The summed E-state index contributed by atoms with van der Waals surface area (Å²) >= 11 is 0. The second kappa shape index (κ2) is 24.7. The third-order valence-corrected chi connectivity index (χ3v) is 16.9. The van der Waals surface area contributed by atoms with E-state index in [1.807, 2.05) is 24.3 Å². The van der Waals surface area contributed by atoms with Gasteiger partial charge in [-0.1, -0.05) is 160 Å². The Morgan fingerprint density at radius 1 is 0.433 bits per heavy atom. The minimum atomic E-state index is -1.78. The summed E-state index contributed by atoms with van der Waals surface area (Å²) in [5.74, 6) is 37.1. The van der Waals surface area contributed by atoms with Crippen LogP contribution in [0.2, 0.25) is 16.6 Å². The minimum Gasteiger partial charge on any atom is -0.378 e. The van der Waals surface area contributed by atoms with Crippen molar-refractivity contribution >= 4 is 8.07 Å². The van der Waals surface area contributed by atoms with Crippen molar-refractivity contribution in [3.05, 3.63) is 128 Å². The van der Waals surface area contributed by atoms with Gasteiger partial charge in [0.2, 0.25) is 0 Å². The molecule has 0 saturated carbocycles. The Morgan fingerprint density at radius 2 is 0.667 bits per heavy atom. The van der Waals surface area contributed by atoms with E-state index in [-0.39, 0.29) is 0 Å². The maximum absolute atomic E-state index is 9.91. The van der Waals surface area contributed by atoms with E-state index in [1.165, 1.54) is 0 Å². The van der Waals surface area contributed by atoms with Gasteiger partial charge < -0.3 is 5.11 Å². The fraction of sp³-hybridized carbons (Fsp3) is 0.414. The molecule has 3 rings (SSSR count). The largest absolute Gasteiger partial charge is 0.378 e. The number of hydrogen-bond acceptors (Lipinski definition) is 1. The monoisotopic (exact) mass is 809 g/mol. The van der Waals surface area contributed by atoms with Crippen LogP contribution in [-0.4, -0.2) is 18.8 Å². The summed E-state index contributed by atoms with van der Waals surface area (Å²) in [4.78, 5) is 0. The predicted octanol–water partition coefficient (Wildman–Crippen LogP) is 14.0. The molecule has 0 radical (unpaired) electrons. The quantitative estimate of drug-likeness (QED) is 0.151. The van der Waals surface area contributed by atoms with Crippen LogP contribution >= 0.6 is 0 Å². The normalized spacial score (nSPS) is 11.8. The Bertz CT molecular complexity index is 2300. The van der Waals surface area contributed by atoms with Gasteiger partial charge in [-0.2, -0.15) is 0 Å². The molecule has 0 amide bonds. The van der Waals surface area contributed by atoms with Crippen molar-refractivity contribution in [2.45, 2.75) is 157 Å². The highest BCUT2D eigenvalue weighted by atomic mass is 28.3. The Kier molecular flexibility index (Phi) is 20.2. The first-order chi connectivity index (χ1) is 28.6.